The SMILES string of the molecule is C[C@@H]([CH][C@@](C)(OCC[Si](C)(C)C)c1ccccc1)O[Si](c1ccccc1)(c1ccccc1)C(C)(C)C. The zero-order valence-electron chi connectivity index (χ0n) is 23.5. The Morgan fingerprint density at radius 2 is 1.17 bits per heavy atom. The van der Waals surface area contributed by atoms with Gasteiger partial charge in [-0.2, -0.15) is 0 Å². The molecule has 0 saturated carbocycles. The lowest BCUT2D eigenvalue weighted by Gasteiger charge is -2.45. The molecule has 0 spiro atoms. The molecule has 0 amide bonds. The molecular formula is C32H45O2Si2. The van der Waals surface area contributed by atoms with Gasteiger partial charge < -0.3 is 9.16 Å². The summed E-state index contributed by atoms with van der Waals surface area (Å²) in [5.74, 6) is 0. The van der Waals surface area contributed by atoms with Crippen LogP contribution in [0.4, 0.5) is 0 Å². The first-order valence-electron chi connectivity index (χ1n) is 13.2. The van der Waals surface area contributed by atoms with Gasteiger partial charge in [0, 0.05) is 27.2 Å². The Morgan fingerprint density at radius 3 is 1.58 bits per heavy atom. The predicted octanol–water partition coefficient (Wildman–Crippen LogP) is 7.43. The summed E-state index contributed by atoms with van der Waals surface area (Å²) in [6, 6.07) is 33.4. The Labute approximate surface area is 222 Å². The van der Waals surface area contributed by atoms with Crippen LogP contribution in [0.3, 0.4) is 0 Å². The predicted molar refractivity (Wildman–Crippen MR) is 160 cm³/mol. The van der Waals surface area contributed by atoms with Crippen molar-refractivity contribution in [3.8, 4) is 0 Å². The molecule has 0 saturated heterocycles. The van der Waals surface area contributed by atoms with E-state index in [2.05, 4.69) is 152 Å². The second kappa shape index (κ2) is 11.6. The topological polar surface area (TPSA) is 18.5 Å². The fourth-order valence-electron chi connectivity index (χ4n) is 5.02. The van der Waals surface area contributed by atoms with Crippen molar-refractivity contribution in [2.45, 2.75) is 77.0 Å². The van der Waals surface area contributed by atoms with Crippen molar-refractivity contribution in [2.24, 2.45) is 0 Å². The van der Waals surface area contributed by atoms with Crippen LogP contribution < -0.4 is 10.4 Å². The van der Waals surface area contributed by atoms with Crippen LogP contribution in [0, 0.1) is 6.42 Å². The lowest BCUT2D eigenvalue weighted by Crippen LogP contribution is -2.67. The van der Waals surface area contributed by atoms with Gasteiger partial charge in [-0.1, -0.05) is 131 Å². The molecule has 0 N–H and O–H groups in total. The molecule has 3 aromatic carbocycles. The highest BCUT2D eigenvalue weighted by molar-refractivity contribution is 6.99. The fraction of sp³-hybridized carbons (Fsp3) is 0.406. The second-order valence-corrected chi connectivity index (χ2v) is 22.2. The molecule has 2 nitrogen and oxygen atoms in total. The van der Waals surface area contributed by atoms with E-state index in [1.54, 1.807) is 0 Å². The summed E-state index contributed by atoms with van der Waals surface area (Å²) >= 11 is 0. The van der Waals surface area contributed by atoms with Crippen LogP contribution in [0.5, 0.6) is 0 Å². The molecule has 4 heteroatoms. The quantitative estimate of drug-likeness (QED) is 0.246. The van der Waals surface area contributed by atoms with E-state index in [1.807, 2.05) is 0 Å². The van der Waals surface area contributed by atoms with Gasteiger partial charge >= 0.3 is 0 Å². The lowest BCUT2D eigenvalue weighted by molar-refractivity contribution is -0.0174. The normalized spacial score (nSPS) is 15.3. The Hall–Kier alpha value is -1.99. The minimum Gasteiger partial charge on any atom is -0.404 e. The number of benzene rings is 3. The Balaban J connectivity index is 2.00. The molecule has 3 aromatic rings. The molecule has 0 fully saturated rings. The fourth-order valence-corrected chi connectivity index (χ4v) is 10.4. The molecule has 36 heavy (non-hydrogen) atoms. The number of rotatable bonds is 11. The van der Waals surface area contributed by atoms with Crippen molar-refractivity contribution in [2.75, 3.05) is 6.61 Å². The van der Waals surface area contributed by atoms with Gasteiger partial charge in [-0.05, 0) is 40.9 Å². The summed E-state index contributed by atoms with van der Waals surface area (Å²) in [5.41, 5.74) is 0.629. The zero-order chi connectivity index (χ0) is 26.5. The van der Waals surface area contributed by atoms with Crippen molar-refractivity contribution < 1.29 is 9.16 Å². The van der Waals surface area contributed by atoms with Crippen LogP contribution in [-0.4, -0.2) is 29.1 Å². The Bertz CT molecular complexity index is 1020. The third-order valence-electron chi connectivity index (χ3n) is 6.93. The average Bonchev–Trinajstić information content (AvgIpc) is 2.82. The number of hydrogen-bond donors (Lipinski definition) is 0. The Morgan fingerprint density at radius 1 is 0.722 bits per heavy atom. The first kappa shape index (κ1) is 28.6. The van der Waals surface area contributed by atoms with Crippen molar-refractivity contribution in [1.29, 1.82) is 0 Å². The molecule has 0 aliphatic carbocycles. The number of ether oxygens (including phenoxy) is 1. The first-order valence-corrected chi connectivity index (χ1v) is 18.8. The van der Waals surface area contributed by atoms with Gasteiger partial charge in [0.05, 0.1) is 5.60 Å². The third kappa shape index (κ3) is 6.86. The number of hydrogen-bond acceptors (Lipinski definition) is 2. The molecule has 0 heterocycles. The van der Waals surface area contributed by atoms with E-state index >= 15 is 0 Å². The van der Waals surface area contributed by atoms with E-state index < -0.39 is 22.0 Å². The van der Waals surface area contributed by atoms with Crippen LogP contribution in [0.25, 0.3) is 0 Å². The van der Waals surface area contributed by atoms with Crippen LogP contribution in [0.15, 0.2) is 91.0 Å². The summed E-state index contributed by atoms with van der Waals surface area (Å²) in [5, 5.41) is 2.52. The summed E-state index contributed by atoms with van der Waals surface area (Å²) in [6.07, 6.45) is 2.17. The largest absolute Gasteiger partial charge is 0.404 e. The lowest BCUT2D eigenvalue weighted by atomic mass is 9.90. The molecular weight excluding hydrogens is 473 g/mol. The van der Waals surface area contributed by atoms with E-state index in [0.717, 1.165) is 12.7 Å². The van der Waals surface area contributed by atoms with Crippen molar-refractivity contribution >= 4 is 26.8 Å². The van der Waals surface area contributed by atoms with Crippen LogP contribution in [0.1, 0.15) is 40.2 Å². The molecule has 3 rings (SSSR count). The van der Waals surface area contributed by atoms with E-state index in [4.69, 9.17) is 9.16 Å². The molecule has 0 aliphatic heterocycles. The van der Waals surface area contributed by atoms with E-state index in [1.165, 1.54) is 15.9 Å². The van der Waals surface area contributed by atoms with E-state index in [0.29, 0.717) is 0 Å². The summed E-state index contributed by atoms with van der Waals surface area (Å²) in [4.78, 5) is 0. The second-order valence-electron chi connectivity index (χ2n) is 12.3. The van der Waals surface area contributed by atoms with Crippen molar-refractivity contribution in [1.82, 2.24) is 0 Å². The smallest absolute Gasteiger partial charge is 0.261 e. The van der Waals surface area contributed by atoms with Crippen LogP contribution in [-0.2, 0) is 14.8 Å². The summed E-state index contributed by atoms with van der Waals surface area (Å²) in [7, 11) is -3.87. The summed E-state index contributed by atoms with van der Waals surface area (Å²) < 4.78 is 14.0. The molecule has 0 aromatic heterocycles. The Kier molecular flexibility index (Phi) is 9.21. The molecule has 1 radical (unpaired) electrons. The zero-order valence-corrected chi connectivity index (χ0v) is 25.5. The third-order valence-corrected chi connectivity index (χ3v) is 13.8. The minimum atomic E-state index is -2.65. The van der Waals surface area contributed by atoms with Gasteiger partial charge in [-0.25, -0.2) is 0 Å². The minimum absolute atomic E-state index is 0.0698. The molecule has 2 atom stereocenters. The van der Waals surface area contributed by atoms with Gasteiger partial charge in [0.15, 0.2) is 0 Å². The highest BCUT2D eigenvalue weighted by Gasteiger charge is 2.51. The molecule has 193 valence electrons. The van der Waals surface area contributed by atoms with Crippen LogP contribution in [0.2, 0.25) is 30.7 Å². The van der Waals surface area contributed by atoms with Crippen molar-refractivity contribution in [3.05, 3.63) is 103 Å². The highest BCUT2D eigenvalue weighted by Crippen LogP contribution is 2.39. The highest BCUT2D eigenvalue weighted by atomic mass is 28.4. The maximum atomic E-state index is 7.35. The van der Waals surface area contributed by atoms with Gasteiger partial charge in [0.25, 0.3) is 8.32 Å². The van der Waals surface area contributed by atoms with Gasteiger partial charge in [0.2, 0.25) is 0 Å². The molecule has 0 unspecified atom stereocenters. The monoisotopic (exact) mass is 517 g/mol. The maximum Gasteiger partial charge on any atom is 0.261 e. The van der Waals surface area contributed by atoms with Gasteiger partial charge in [0.1, 0.15) is 0 Å². The summed E-state index contributed by atoms with van der Waals surface area (Å²) in [6.45, 7) is 19.3. The van der Waals surface area contributed by atoms with E-state index in [-0.39, 0.29) is 11.1 Å². The standard InChI is InChI=1S/C32H45O2Si2/c1-27(26-32(5,28-18-12-9-13-19-28)33-24-25-35(6,7)8)34-36(31(2,3)4,29-20-14-10-15-21-29)30-22-16-11-17-23-30/h9-23,26-27H,24-25H2,1-8H3/t27-,32+/m0/s1. The first-order chi connectivity index (χ1) is 16.9. The average molecular weight is 518 g/mol. The molecule has 0 bridgehead atoms. The van der Waals surface area contributed by atoms with Crippen molar-refractivity contribution in [3.63, 3.8) is 0 Å². The molecule has 0 aliphatic rings. The van der Waals surface area contributed by atoms with E-state index in [9.17, 15) is 0 Å². The van der Waals surface area contributed by atoms with Gasteiger partial charge in [-0.15, -0.1) is 0 Å². The maximum absolute atomic E-state index is 7.35. The van der Waals surface area contributed by atoms with Crippen LogP contribution >= 0.6 is 0 Å². The van der Waals surface area contributed by atoms with Gasteiger partial charge in [-0.3, -0.25) is 0 Å².